The van der Waals surface area contributed by atoms with Gasteiger partial charge in [0.25, 0.3) is 0 Å². The molecule has 4 aliphatic carbocycles. The molecule has 0 saturated heterocycles. The van der Waals surface area contributed by atoms with Gasteiger partial charge in [0.1, 0.15) is 12.2 Å². The van der Waals surface area contributed by atoms with Gasteiger partial charge in [0.2, 0.25) is 0 Å². The summed E-state index contributed by atoms with van der Waals surface area (Å²) in [6.45, 7) is 8.08. The first-order valence-electron chi connectivity index (χ1n) is 14.2. The standard InChI is InChI=1S/C31H42O6/c1-19(32)36-24-12-14-30(3)23(17-24)10-11-25-26(30)13-15-31(4)27(25)16-22(28(31)37-20(2)33)18-35-29(34)21-8-6-5-7-9-21/h5-9,22-28H,10-18H2,1-4H3/t22-,23+,24+,25-,26+,27+,28-,30+,31+/m1/s1. The number of esters is 3. The molecule has 0 heterocycles. The Labute approximate surface area is 220 Å². The summed E-state index contributed by atoms with van der Waals surface area (Å²) in [4.78, 5) is 36.4. The third kappa shape index (κ3) is 4.81. The molecule has 0 amide bonds. The number of benzene rings is 1. The lowest BCUT2D eigenvalue weighted by Gasteiger charge is -2.60. The Balaban J connectivity index is 1.33. The van der Waals surface area contributed by atoms with Gasteiger partial charge in [0.05, 0.1) is 12.2 Å². The van der Waals surface area contributed by atoms with Crippen molar-refractivity contribution in [1.29, 1.82) is 0 Å². The molecule has 37 heavy (non-hydrogen) atoms. The highest BCUT2D eigenvalue weighted by Gasteiger charge is 2.63. The van der Waals surface area contributed by atoms with Crippen LogP contribution in [0.15, 0.2) is 30.3 Å². The fourth-order valence-electron chi connectivity index (χ4n) is 9.10. The monoisotopic (exact) mass is 510 g/mol. The fourth-order valence-corrected chi connectivity index (χ4v) is 9.10. The maximum atomic E-state index is 12.7. The Morgan fingerprint density at radius 2 is 1.54 bits per heavy atom. The number of fused-ring (bicyclic) bond motifs is 5. The van der Waals surface area contributed by atoms with Crippen LogP contribution in [0, 0.1) is 40.4 Å². The van der Waals surface area contributed by atoms with Crippen LogP contribution in [-0.4, -0.2) is 36.7 Å². The summed E-state index contributed by atoms with van der Waals surface area (Å²) in [6, 6.07) is 9.08. The molecule has 4 saturated carbocycles. The Morgan fingerprint density at radius 1 is 0.838 bits per heavy atom. The average Bonchev–Trinajstić information content (AvgIpc) is 3.14. The van der Waals surface area contributed by atoms with Gasteiger partial charge in [0.15, 0.2) is 0 Å². The van der Waals surface area contributed by atoms with Crippen molar-refractivity contribution >= 4 is 17.9 Å². The van der Waals surface area contributed by atoms with Gasteiger partial charge in [-0.1, -0.05) is 32.0 Å². The van der Waals surface area contributed by atoms with Gasteiger partial charge >= 0.3 is 17.9 Å². The van der Waals surface area contributed by atoms with Crippen molar-refractivity contribution in [1.82, 2.24) is 0 Å². The molecule has 4 aliphatic rings. The first kappa shape index (κ1) is 26.2. The molecule has 9 atom stereocenters. The summed E-state index contributed by atoms with van der Waals surface area (Å²) >= 11 is 0. The molecule has 0 bridgehead atoms. The second-order valence-electron chi connectivity index (χ2n) is 12.7. The number of carbonyl (C=O) groups is 3. The van der Waals surface area contributed by atoms with Crippen molar-refractivity contribution in [3.63, 3.8) is 0 Å². The highest BCUT2D eigenvalue weighted by Crippen LogP contribution is 2.67. The van der Waals surface area contributed by atoms with E-state index in [1.165, 1.54) is 20.3 Å². The number of carbonyl (C=O) groups excluding carboxylic acids is 3. The van der Waals surface area contributed by atoms with Crippen LogP contribution in [0.2, 0.25) is 0 Å². The van der Waals surface area contributed by atoms with Crippen molar-refractivity contribution in [2.75, 3.05) is 6.61 Å². The van der Waals surface area contributed by atoms with Gasteiger partial charge in [-0.3, -0.25) is 9.59 Å². The number of hydrogen-bond donors (Lipinski definition) is 0. The second kappa shape index (κ2) is 10.1. The van der Waals surface area contributed by atoms with Crippen LogP contribution in [0.5, 0.6) is 0 Å². The Morgan fingerprint density at radius 3 is 2.24 bits per heavy atom. The molecule has 0 radical (unpaired) electrons. The quantitative estimate of drug-likeness (QED) is 0.358. The van der Waals surface area contributed by atoms with Crippen LogP contribution < -0.4 is 0 Å². The Kier molecular flexibility index (Phi) is 7.14. The molecule has 202 valence electrons. The first-order valence-corrected chi connectivity index (χ1v) is 14.2. The minimum absolute atomic E-state index is 0.00976. The molecule has 4 fully saturated rings. The zero-order valence-corrected chi connectivity index (χ0v) is 22.7. The van der Waals surface area contributed by atoms with E-state index >= 15 is 0 Å². The van der Waals surface area contributed by atoms with Crippen molar-refractivity contribution in [3.8, 4) is 0 Å². The van der Waals surface area contributed by atoms with Crippen molar-refractivity contribution in [3.05, 3.63) is 35.9 Å². The minimum Gasteiger partial charge on any atom is -0.463 e. The Hall–Kier alpha value is -2.37. The molecule has 6 heteroatoms. The lowest BCUT2D eigenvalue weighted by Crippen LogP contribution is -2.55. The summed E-state index contributed by atoms with van der Waals surface area (Å²) in [5.41, 5.74) is 0.702. The number of hydrogen-bond acceptors (Lipinski definition) is 6. The SMILES string of the molecule is CC(=O)O[C@H]1CC[C@@]2(C)[C@@H](CC[C@@H]3[C@@H]2CC[C@]2(C)[C@H](OC(C)=O)[C@@H](COC(=O)c4ccccc4)C[C@@H]32)C1. The second-order valence-corrected chi connectivity index (χ2v) is 12.7. The normalized spacial score (nSPS) is 40.5. The van der Waals surface area contributed by atoms with Crippen LogP contribution in [0.4, 0.5) is 0 Å². The van der Waals surface area contributed by atoms with Crippen molar-refractivity contribution < 1.29 is 28.6 Å². The third-order valence-electron chi connectivity index (χ3n) is 10.8. The summed E-state index contributed by atoms with van der Waals surface area (Å²) < 4.78 is 17.4. The van der Waals surface area contributed by atoms with E-state index in [0.29, 0.717) is 29.2 Å². The van der Waals surface area contributed by atoms with E-state index in [2.05, 4.69) is 13.8 Å². The molecule has 6 nitrogen and oxygen atoms in total. The van der Waals surface area contributed by atoms with Crippen molar-refractivity contribution in [2.24, 2.45) is 40.4 Å². The lowest BCUT2D eigenvalue weighted by atomic mass is 9.45. The predicted molar refractivity (Wildman–Crippen MR) is 138 cm³/mol. The molecular weight excluding hydrogens is 468 g/mol. The minimum atomic E-state index is -0.322. The topological polar surface area (TPSA) is 78.9 Å². The summed E-state index contributed by atoms with van der Waals surface area (Å²) in [7, 11) is 0. The highest BCUT2D eigenvalue weighted by atomic mass is 16.6. The van der Waals surface area contributed by atoms with E-state index < -0.39 is 0 Å². The molecule has 0 N–H and O–H groups in total. The van der Waals surface area contributed by atoms with Crippen molar-refractivity contribution in [2.45, 2.75) is 91.3 Å². The zero-order chi connectivity index (χ0) is 26.4. The van der Waals surface area contributed by atoms with Gasteiger partial charge < -0.3 is 14.2 Å². The van der Waals surface area contributed by atoms with Gasteiger partial charge in [-0.05, 0) is 92.6 Å². The summed E-state index contributed by atoms with van der Waals surface area (Å²) in [6.07, 6.45) is 8.28. The van der Waals surface area contributed by atoms with E-state index in [4.69, 9.17) is 14.2 Å². The van der Waals surface area contributed by atoms with Crippen LogP contribution in [0.25, 0.3) is 0 Å². The third-order valence-corrected chi connectivity index (χ3v) is 10.8. The average molecular weight is 511 g/mol. The molecule has 0 unspecified atom stereocenters. The van der Waals surface area contributed by atoms with Crippen LogP contribution >= 0.6 is 0 Å². The van der Waals surface area contributed by atoms with E-state index in [1.807, 2.05) is 18.2 Å². The zero-order valence-electron chi connectivity index (χ0n) is 22.7. The Bertz CT molecular complexity index is 1020. The first-order chi connectivity index (χ1) is 17.6. The van der Waals surface area contributed by atoms with E-state index in [9.17, 15) is 14.4 Å². The molecule has 5 rings (SSSR count). The molecule has 1 aromatic rings. The van der Waals surface area contributed by atoms with E-state index in [0.717, 1.165) is 44.9 Å². The highest BCUT2D eigenvalue weighted by molar-refractivity contribution is 5.89. The molecular formula is C31H42O6. The van der Waals surface area contributed by atoms with E-state index in [-0.39, 0.29) is 53.5 Å². The van der Waals surface area contributed by atoms with Gasteiger partial charge in [-0.15, -0.1) is 0 Å². The van der Waals surface area contributed by atoms with Crippen LogP contribution in [0.3, 0.4) is 0 Å². The predicted octanol–water partition coefficient (Wildman–Crippen LogP) is 5.98. The lowest BCUT2D eigenvalue weighted by molar-refractivity contribution is -0.169. The number of ether oxygens (including phenoxy) is 3. The van der Waals surface area contributed by atoms with Gasteiger partial charge in [-0.25, -0.2) is 4.79 Å². The molecule has 0 aromatic heterocycles. The van der Waals surface area contributed by atoms with Gasteiger partial charge in [0, 0.05) is 25.2 Å². The fraction of sp³-hybridized carbons (Fsp3) is 0.710. The molecule has 0 aliphatic heterocycles. The molecule has 0 spiro atoms. The maximum absolute atomic E-state index is 12.7. The summed E-state index contributed by atoms with van der Waals surface area (Å²) in [5.74, 6) is 1.51. The summed E-state index contributed by atoms with van der Waals surface area (Å²) in [5, 5.41) is 0. The molecule has 1 aromatic carbocycles. The largest absolute Gasteiger partial charge is 0.463 e. The smallest absolute Gasteiger partial charge is 0.338 e. The number of rotatable bonds is 5. The van der Waals surface area contributed by atoms with Gasteiger partial charge in [-0.2, -0.15) is 0 Å². The van der Waals surface area contributed by atoms with E-state index in [1.54, 1.807) is 12.1 Å². The van der Waals surface area contributed by atoms with Crippen LogP contribution in [0.1, 0.15) is 89.4 Å². The maximum Gasteiger partial charge on any atom is 0.338 e. The van der Waals surface area contributed by atoms with Crippen LogP contribution in [-0.2, 0) is 23.8 Å².